The van der Waals surface area contributed by atoms with Crippen LogP contribution in [0.4, 0.5) is 0 Å². The van der Waals surface area contributed by atoms with Crippen molar-refractivity contribution in [2.45, 2.75) is 19.3 Å². The topological polar surface area (TPSA) is 64.7 Å². The molecule has 0 saturated heterocycles. The Morgan fingerprint density at radius 1 is 0.367 bits per heavy atom. The molecular weight excluding hydrogens is 733 g/mol. The summed E-state index contributed by atoms with van der Waals surface area (Å²) < 4.78 is 6.42. The highest BCUT2D eigenvalue weighted by atomic mass is 16.3. The molecule has 5 nitrogen and oxygen atoms in total. The number of nitrogens with zero attached hydrogens (tertiary/aromatic N) is 4. The van der Waals surface area contributed by atoms with E-state index in [0.29, 0.717) is 17.5 Å². The zero-order valence-corrected chi connectivity index (χ0v) is 33.0. The van der Waals surface area contributed by atoms with Crippen molar-refractivity contribution < 1.29 is 4.42 Å². The lowest BCUT2D eigenvalue weighted by Gasteiger charge is -2.21. The van der Waals surface area contributed by atoms with Crippen LogP contribution in [0.25, 0.3) is 111 Å². The van der Waals surface area contributed by atoms with Crippen LogP contribution in [-0.2, 0) is 5.41 Å². The highest BCUT2D eigenvalue weighted by molar-refractivity contribution is 6.29. The third-order valence-electron chi connectivity index (χ3n) is 12.3. The van der Waals surface area contributed by atoms with Gasteiger partial charge in [-0.25, -0.2) is 19.9 Å². The van der Waals surface area contributed by atoms with Crippen molar-refractivity contribution in [3.8, 4) is 67.7 Å². The van der Waals surface area contributed by atoms with Crippen LogP contribution in [0.3, 0.4) is 0 Å². The van der Waals surface area contributed by atoms with E-state index in [2.05, 4.69) is 159 Å². The summed E-state index contributed by atoms with van der Waals surface area (Å²) in [4.78, 5) is 21.0. The zero-order chi connectivity index (χ0) is 40.0. The number of pyridine rings is 1. The number of benzene rings is 8. The molecule has 0 fully saturated rings. The number of para-hydroxylation sites is 2. The first kappa shape index (κ1) is 34.3. The van der Waals surface area contributed by atoms with Gasteiger partial charge in [0.1, 0.15) is 11.2 Å². The second kappa shape index (κ2) is 13.1. The van der Waals surface area contributed by atoms with Crippen LogP contribution in [0.1, 0.15) is 25.0 Å². The van der Waals surface area contributed by atoms with E-state index in [9.17, 15) is 0 Å². The predicted octanol–water partition coefficient (Wildman–Crippen LogP) is 14.1. The van der Waals surface area contributed by atoms with Gasteiger partial charge in [-0.1, -0.05) is 166 Å². The van der Waals surface area contributed by atoms with Gasteiger partial charge in [-0.15, -0.1) is 0 Å². The fourth-order valence-corrected chi connectivity index (χ4v) is 9.42. The number of rotatable bonds is 5. The van der Waals surface area contributed by atoms with Crippen molar-refractivity contribution in [1.29, 1.82) is 0 Å². The molecule has 8 aromatic carbocycles. The summed E-state index contributed by atoms with van der Waals surface area (Å²) in [7, 11) is 0. The van der Waals surface area contributed by atoms with Gasteiger partial charge in [0.15, 0.2) is 17.5 Å². The van der Waals surface area contributed by atoms with Crippen molar-refractivity contribution in [3.63, 3.8) is 0 Å². The van der Waals surface area contributed by atoms with Crippen LogP contribution in [0.2, 0.25) is 0 Å². The fourth-order valence-electron chi connectivity index (χ4n) is 9.42. The molecule has 0 aliphatic heterocycles. The van der Waals surface area contributed by atoms with E-state index >= 15 is 0 Å². The van der Waals surface area contributed by atoms with Crippen molar-refractivity contribution >= 4 is 43.6 Å². The molecule has 282 valence electrons. The van der Waals surface area contributed by atoms with Crippen LogP contribution >= 0.6 is 0 Å². The Labute approximate surface area is 346 Å². The van der Waals surface area contributed by atoms with E-state index in [4.69, 9.17) is 24.4 Å². The quantitative estimate of drug-likeness (QED) is 0.163. The summed E-state index contributed by atoms with van der Waals surface area (Å²) in [6.07, 6.45) is 0. The monoisotopic (exact) mass is 768 g/mol. The Hall–Kier alpha value is -7.76. The van der Waals surface area contributed by atoms with Gasteiger partial charge in [0.2, 0.25) is 0 Å². The van der Waals surface area contributed by atoms with Gasteiger partial charge in [-0.3, -0.25) is 0 Å². The minimum Gasteiger partial charge on any atom is -0.456 e. The van der Waals surface area contributed by atoms with Crippen LogP contribution < -0.4 is 0 Å². The smallest absolute Gasteiger partial charge is 0.164 e. The van der Waals surface area contributed by atoms with Crippen molar-refractivity contribution in [2.75, 3.05) is 0 Å². The molecule has 0 N–H and O–H groups in total. The van der Waals surface area contributed by atoms with E-state index in [1.807, 2.05) is 36.4 Å². The van der Waals surface area contributed by atoms with Gasteiger partial charge in [0, 0.05) is 60.2 Å². The van der Waals surface area contributed by atoms with Crippen LogP contribution in [-0.4, -0.2) is 19.9 Å². The molecule has 1 aliphatic rings. The average molecular weight is 769 g/mol. The fraction of sp³-hybridized carbons (Fsp3) is 0.0545. The molecule has 3 aromatic heterocycles. The number of fused-ring (bicyclic) bond motifs is 10. The molecule has 11 aromatic rings. The highest BCUT2D eigenvalue weighted by Gasteiger charge is 2.35. The number of furan rings is 1. The number of aromatic nitrogens is 4. The average Bonchev–Trinajstić information content (AvgIpc) is 3.80. The molecule has 0 saturated carbocycles. The Morgan fingerprint density at radius 2 is 0.967 bits per heavy atom. The van der Waals surface area contributed by atoms with Crippen molar-refractivity contribution in [3.05, 3.63) is 193 Å². The Balaban J connectivity index is 1.06. The summed E-state index contributed by atoms with van der Waals surface area (Å²) in [6.45, 7) is 4.60. The lowest BCUT2D eigenvalue weighted by atomic mass is 9.82. The Kier molecular flexibility index (Phi) is 7.51. The van der Waals surface area contributed by atoms with Gasteiger partial charge in [-0.2, -0.15) is 0 Å². The molecule has 3 heterocycles. The van der Waals surface area contributed by atoms with Crippen molar-refractivity contribution in [1.82, 2.24) is 19.9 Å². The summed E-state index contributed by atoms with van der Waals surface area (Å²) in [5.41, 5.74) is 14.5. The number of hydrogen-bond acceptors (Lipinski definition) is 5. The normalized spacial score (nSPS) is 13.0. The van der Waals surface area contributed by atoms with E-state index in [0.717, 1.165) is 82.7 Å². The molecule has 5 heteroatoms. The summed E-state index contributed by atoms with van der Waals surface area (Å²) in [6, 6.07) is 63.5. The summed E-state index contributed by atoms with van der Waals surface area (Å²) >= 11 is 0. The Morgan fingerprint density at radius 3 is 1.78 bits per heavy atom. The molecule has 1 aliphatic carbocycles. The van der Waals surface area contributed by atoms with E-state index < -0.39 is 0 Å². The van der Waals surface area contributed by atoms with Gasteiger partial charge in [-0.05, 0) is 58.1 Å². The second-order valence-corrected chi connectivity index (χ2v) is 16.2. The molecule has 0 bridgehead atoms. The minimum absolute atomic E-state index is 0.0900. The highest BCUT2D eigenvalue weighted by Crippen LogP contribution is 2.49. The van der Waals surface area contributed by atoms with E-state index in [-0.39, 0.29) is 5.41 Å². The third kappa shape index (κ3) is 5.26. The van der Waals surface area contributed by atoms with Gasteiger partial charge < -0.3 is 4.42 Å². The number of hydrogen-bond donors (Lipinski definition) is 0. The molecule has 0 amide bonds. The maximum absolute atomic E-state index is 6.42. The lowest BCUT2D eigenvalue weighted by Crippen LogP contribution is -2.14. The van der Waals surface area contributed by atoms with Gasteiger partial charge >= 0.3 is 0 Å². The van der Waals surface area contributed by atoms with Crippen LogP contribution in [0.5, 0.6) is 0 Å². The van der Waals surface area contributed by atoms with E-state index in [1.54, 1.807) is 0 Å². The first-order chi connectivity index (χ1) is 29.5. The van der Waals surface area contributed by atoms with Gasteiger partial charge in [0.25, 0.3) is 0 Å². The summed E-state index contributed by atoms with van der Waals surface area (Å²) in [5.74, 6) is 1.87. The zero-order valence-electron chi connectivity index (χ0n) is 33.0. The second-order valence-electron chi connectivity index (χ2n) is 16.2. The third-order valence-corrected chi connectivity index (χ3v) is 12.3. The SMILES string of the molecule is CC1(C)c2ccccc2-c2cc(-c3nc(-c4ccccc4)nc(-c4cccc(-c5cccc6c5nc(-c5ccccc5)c5ccc7oc8ccccc8c7c56)c4)n3)ccc21. The lowest BCUT2D eigenvalue weighted by molar-refractivity contribution is 0.660. The molecule has 0 spiro atoms. The molecule has 0 unspecified atom stereocenters. The Bertz CT molecular complexity index is 3520. The maximum Gasteiger partial charge on any atom is 0.164 e. The van der Waals surface area contributed by atoms with Gasteiger partial charge in [0.05, 0.1) is 11.2 Å². The minimum atomic E-state index is -0.0900. The maximum atomic E-state index is 6.42. The van der Waals surface area contributed by atoms with Crippen molar-refractivity contribution in [2.24, 2.45) is 0 Å². The standard InChI is InChI=1S/C55H36N4O/c1-55(2)44-25-11-9-21-39(44)43-32-37(27-29-45(43)55)54-58-52(34-17-7-4-8-18-34)57-53(59-54)36-20-13-19-35(31-36)38-23-14-24-41-48-42(50(56-51(38)41)33-15-5-3-6-16-33)28-30-47-49(48)40-22-10-12-26-46(40)60-47/h3-32H,1-2H3. The molecular formula is C55H36N4O. The first-order valence-corrected chi connectivity index (χ1v) is 20.4. The van der Waals surface area contributed by atoms with Crippen LogP contribution in [0.15, 0.2) is 186 Å². The molecule has 0 radical (unpaired) electrons. The van der Waals surface area contributed by atoms with E-state index in [1.165, 1.54) is 22.3 Å². The molecule has 60 heavy (non-hydrogen) atoms. The summed E-state index contributed by atoms with van der Waals surface area (Å²) in [5, 5.41) is 5.48. The largest absolute Gasteiger partial charge is 0.456 e. The van der Waals surface area contributed by atoms with Crippen LogP contribution in [0, 0.1) is 0 Å². The predicted molar refractivity (Wildman–Crippen MR) is 245 cm³/mol. The molecule has 12 rings (SSSR count). The molecule has 0 atom stereocenters. The first-order valence-electron chi connectivity index (χ1n) is 20.4.